The van der Waals surface area contributed by atoms with Crippen LogP contribution in [0.25, 0.3) is 10.9 Å². The molecule has 21 heavy (non-hydrogen) atoms. The number of aryl methyl sites for hydroxylation is 1. The third kappa shape index (κ3) is 2.67. The van der Waals surface area contributed by atoms with Crippen LogP contribution in [0.5, 0.6) is 0 Å². The molecule has 1 aromatic carbocycles. The lowest BCUT2D eigenvalue weighted by Gasteiger charge is -2.10. The highest BCUT2D eigenvalue weighted by Gasteiger charge is 2.09. The predicted molar refractivity (Wildman–Crippen MR) is 77.7 cm³/mol. The van der Waals surface area contributed by atoms with E-state index in [-0.39, 0.29) is 0 Å². The molecule has 3 aromatic rings. The maximum absolute atomic E-state index is 9.23. The summed E-state index contributed by atoms with van der Waals surface area (Å²) in [5.41, 5.74) is 2.18. The minimum atomic E-state index is 0.526. The number of aromatic nitrogens is 3. The predicted octanol–water partition coefficient (Wildman–Crippen LogP) is 2.45. The van der Waals surface area contributed by atoms with E-state index in [1.807, 2.05) is 24.3 Å². The van der Waals surface area contributed by atoms with Crippen molar-refractivity contribution in [1.29, 1.82) is 5.26 Å². The summed E-state index contributed by atoms with van der Waals surface area (Å²) in [7, 11) is 0. The van der Waals surface area contributed by atoms with Crippen molar-refractivity contribution in [3.63, 3.8) is 0 Å². The van der Waals surface area contributed by atoms with Crippen LogP contribution in [0.4, 0.5) is 5.69 Å². The molecule has 6 heteroatoms. The lowest BCUT2D eigenvalue weighted by molar-refractivity contribution is 0.387. The fraction of sp³-hybridized carbons (Fsp3) is 0.200. The molecule has 0 aliphatic heterocycles. The van der Waals surface area contributed by atoms with Crippen LogP contribution in [0.15, 0.2) is 35.0 Å². The summed E-state index contributed by atoms with van der Waals surface area (Å²) in [5.74, 6) is 1.20. The molecule has 0 aliphatic rings. The van der Waals surface area contributed by atoms with Crippen LogP contribution in [-0.2, 0) is 6.42 Å². The molecular weight excluding hydrogens is 266 g/mol. The van der Waals surface area contributed by atoms with E-state index in [2.05, 4.69) is 26.5 Å². The Hall–Kier alpha value is -2.94. The average Bonchev–Trinajstić information content (AvgIpc) is 2.93. The van der Waals surface area contributed by atoms with Gasteiger partial charge in [-0.25, -0.2) is 0 Å². The maximum Gasteiger partial charge on any atom is 0.223 e. The summed E-state index contributed by atoms with van der Waals surface area (Å²) in [6.07, 6.45) is 2.21. The molecule has 0 spiro atoms. The Labute approximate surface area is 121 Å². The first-order chi connectivity index (χ1) is 10.3. The van der Waals surface area contributed by atoms with Gasteiger partial charge in [-0.15, -0.1) is 0 Å². The first kappa shape index (κ1) is 13.1. The molecule has 0 saturated carbocycles. The maximum atomic E-state index is 9.23. The summed E-state index contributed by atoms with van der Waals surface area (Å²) in [6.45, 7) is 2.37. The SMILES string of the molecule is Cc1nc(CCNc2c(C#N)cnc3ccccc23)no1. The van der Waals surface area contributed by atoms with Crippen molar-refractivity contribution in [2.75, 3.05) is 11.9 Å². The Morgan fingerprint density at radius 3 is 2.95 bits per heavy atom. The van der Waals surface area contributed by atoms with Crippen LogP contribution in [0.3, 0.4) is 0 Å². The molecule has 0 unspecified atom stereocenters. The largest absolute Gasteiger partial charge is 0.383 e. The first-order valence-electron chi connectivity index (χ1n) is 6.59. The van der Waals surface area contributed by atoms with Crippen molar-refractivity contribution >= 4 is 16.6 Å². The molecular formula is C15H13N5O. The molecule has 1 N–H and O–H groups in total. The van der Waals surface area contributed by atoms with Gasteiger partial charge in [0.05, 0.1) is 16.8 Å². The summed E-state index contributed by atoms with van der Waals surface area (Å²) in [4.78, 5) is 8.43. The smallest absolute Gasteiger partial charge is 0.223 e. The van der Waals surface area contributed by atoms with E-state index >= 15 is 0 Å². The second-order valence-corrected chi connectivity index (χ2v) is 4.58. The van der Waals surface area contributed by atoms with Crippen LogP contribution < -0.4 is 5.32 Å². The topological polar surface area (TPSA) is 87.6 Å². The third-order valence-electron chi connectivity index (χ3n) is 3.12. The molecule has 104 valence electrons. The van der Waals surface area contributed by atoms with Crippen LogP contribution in [0.2, 0.25) is 0 Å². The quantitative estimate of drug-likeness (QED) is 0.789. The number of para-hydroxylation sites is 1. The first-order valence-corrected chi connectivity index (χ1v) is 6.59. The van der Waals surface area contributed by atoms with Gasteiger partial charge in [0.2, 0.25) is 5.89 Å². The van der Waals surface area contributed by atoms with Gasteiger partial charge < -0.3 is 9.84 Å². The lowest BCUT2D eigenvalue weighted by atomic mass is 10.1. The van der Waals surface area contributed by atoms with Gasteiger partial charge in [0, 0.05) is 31.5 Å². The second-order valence-electron chi connectivity index (χ2n) is 4.58. The molecule has 2 heterocycles. The van der Waals surface area contributed by atoms with E-state index in [9.17, 15) is 5.26 Å². The van der Waals surface area contributed by atoms with Gasteiger partial charge in [0.1, 0.15) is 6.07 Å². The number of nitrogens with zero attached hydrogens (tertiary/aromatic N) is 4. The summed E-state index contributed by atoms with van der Waals surface area (Å²) in [5, 5.41) is 17.3. The monoisotopic (exact) mass is 279 g/mol. The average molecular weight is 279 g/mol. The number of hydrogen-bond donors (Lipinski definition) is 1. The van der Waals surface area contributed by atoms with Gasteiger partial charge in [-0.1, -0.05) is 23.4 Å². The Balaban J connectivity index is 1.84. The normalized spacial score (nSPS) is 10.5. The number of pyridine rings is 1. The number of hydrogen-bond acceptors (Lipinski definition) is 6. The van der Waals surface area contributed by atoms with Crippen molar-refractivity contribution in [3.8, 4) is 6.07 Å². The molecule has 3 rings (SSSR count). The Morgan fingerprint density at radius 1 is 1.33 bits per heavy atom. The van der Waals surface area contributed by atoms with Crippen molar-refractivity contribution in [1.82, 2.24) is 15.1 Å². The Morgan fingerprint density at radius 2 is 2.19 bits per heavy atom. The van der Waals surface area contributed by atoms with Crippen LogP contribution in [0.1, 0.15) is 17.3 Å². The standard InChI is InChI=1S/C15H13N5O/c1-10-19-14(20-21-10)6-7-17-15-11(8-16)9-18-13-5-3-2-4-12(13)15/h2-5,9H,6-7H2,1H3,(H,17,18). The number of rotatable bonds is 4. The van der Waals surface area contributed by atoms with E-state index in [0.717, 1.165) is 16.6 Å². The molecule has 2 aromatic heterocycles. The summed E-state index contributed by atoms with van der Waals surface area (Å²) < 4.78 is 4.93. The molecule has 0 atom stereocenters. The number of anilines is 1. The number of nitrogens with one attached hydrogen (secondary N) is 1. The fourth-order valence-corrected chi connectivity index (χ4v) is 2.16. The Bertz CT molecular complexity index is 818. The highest BCUT2D eigenvalue weighted by atomic mass is 16.5. The van der Waals surface area contributed by atoms with Crippen LogP contribution in [-0.4, -0.2) is 21.7 Å². The fourth-order valence-electron chi connectivity index (χ4n) is 2.16. The van der Waals surface area contributed by atoms with Crippen molar-refractivity contribution < 1.29 is 4.52 Å². The van der Waals surface area contributed by atoms with Crippen molar-refractivity contribution in [2.45, 2.75) is 13.3 Å². The molecule has 0 amide bonds. The summed E-state index contributed by atoms with van der Waals surface area (Å²) >= 11 is 0. The van der Waals surface area contributed by atoms with Crippen molar-refractivity contribution in [2.24, 2.45) is 0 Å². The highest BCUT2D eigenvalue weighted by molar-refractivity contribution is 5.93. The van der Waals surface area contributed by atoms with Crippen LogP contribution in [0, 0.1) is 18.3 Å². The van der Waals surface area contributed by atoms with Gasteiger partial charge in [-0.3, -0.25) is 4.98 Å². The van der Waals surface area contributed by atoms with Gasteiger partial charge in [0.25, 0.3) is 0 Å². The second kappa shape index (κ2) is 5.59. The van der Waals surface area contributed by atoms with E-state index in [4.69, 9.17) is 4.52 Å². The zero-order chi connectivity index (χ0) is 14.7. The van der Waals surface area contributed by atoms with E-state index in [1.54, 1.807) is 13.1 Å². The molecule has 0 bridgehead atoms. The summed E-state index contributed by atoms with van der Waals surface area (Å²) in [6, 6.07) is 9.89. The zero-order valence-corrected chi connectivity index (χ0v) is 11.5. The van der Waals surface area contributed by atoms with Crippen molar-refractivity contribution in [3.05, 3.63) is 47.7 Å². The van der Waals surface area contributed by atoms with Crippen LogP contribution >= 0.6 is 0 Å². The van der Waals surface area contributed by atoms with Gasteiger partial charge in [0.15, 0.2) is 5.82 Å². The number of benzene rings is 1. The van der Waals surface area contributed by atoms with Gasteiger partial charge in [-0.05, 0) is 6.07 Å². The minimum absolute atomic E-state index is 0.526. The molecule has 0 aliphatic carbocycles. The van der Waals surface area contributed by atoms with E-state index in [1.165, 1.54) is 0 Å². The molecule has 0 saturated heterocycles. The zero-order valence-electron chi connectivity index (χ0n) is 11.5. The highest BCUT2D eigenvalue weighted by Crippen LogP contribution is 2.25. The molecule has 6 nitrogen and oxygen atoms in total. The van der Waals surface area contributed by atoms with E-state index in [0.29, 0.717) is 30.2 Å². The lowest BCUT2D eigenvalue weighted by Crippen LogP contribution is -2.08. The molecule has 0 fully saturated rings. The van der Waals surface area contributed by atoms with E-state index < -0.39 is 0 Å². The molecule has 0 radical (unpaired) electrons. The number of fused-ring (bicyclic) bond motifs is 1. The minimum Gasteiger partial charge on any atom is -0.383 e. The van der Waals surface area contributed by atoms with Gasteiger partial charge >= 0.3 is 0 Å². The number of nitriles is 1. The van der Waals surface area contributed by atoms with Gasteiger partial charge in [-0.2, -0.15) is 10.2 Å². The third-order valence-corrected chi connectivity index (χ3v) is 3.12. The Kier molecular flexibility index (Phi) is 3.48.